The maximum Gasteiger partial charge on any atom is 0.335 e. The van der Waals surface area contributed by atoms with Crippen LogP contribution in [0.1, 0.15) is 28.8 Å². The van der Waals surface area contributed by atoms with E-state index < -0.39 is 23.2 Å². The number of rotatable bonds is 4. The van der Waals surface area contributed by atoms with Gasteiger partial charge >= 0.3 is 5.97 Å². The lowest BCUT2D eigenvalue weighted by Crippen LogP contribution is -2.03. The Kier molecular flexibility index (Phi) is 4.01. The van der Waals surface area contributed by atoms with Gasteiger partial charge in [-0.25, -0.2) is 13.6 Å². The molecule has 0 atom stereocenters. The molecule has 1 N–H and O–H groups in total. The van der Waals surface area contributed by atoms with Crippen molar-refractivity contribution >= 4 is 5.97 Å². The second-order valence-corrected chi connectivity index (χ2v) is 3.28. The number of terminal acetylenes is 1. The SMILES string of the molecule is C#CCCCc1c(F)cc(C(=O)O)cc1F. The standard InChI is InChI=1S/C12H10F2O2/c1-2-3-4-5-9-10(13)6-8(12(15)16)7-11(9)14/h1,6-7H,3-5H2,(H,15,16). The highest BCUT2D eigenvalue weighted by Crippen LogP contribution is 2.17. The molecule has 0 heterocycles. The van der Waals surface area contributed by atoms with Crippen molar-refractivity contribution in [2.24, 2.45) is 0 Å². The Hall–Kier alpha value is -1.89. The molecule has 4 heteroatoms. The van der Waals surface area contributed by atoms with Gasteiger partial charge in [0.1, 0.15) is 11.6 Å². The first kappa shape index (κ1) is 12.2. The molecule has 0 fully saturated rings. The molecule has 0 bridgehead atoms. The van der Waals surface area contributed by atoms with Crippen molar-refractivity contribution in [3.8, 4) is 12.3 Å². The monoisotopic (exact) mass is 224 g/mol. The quantitative estimate of drug-likeness (QED) is 0.630. The van der Waals surface area contributed by atoms with Gasteiger partial charge in [0.15, 0.2) is 0 Å². The van der Waals surface area contributed by atoms with Gasteiger partial charge in [-0.05, 0) is 25.0 Å². The zero-order valence-corrected chi connectivity index (χ0v) is 8.46. The normalized spacial score (nSPS) is 9.81. The van der Waals surface area contributed by atoms with Crippen LogP contribution in [0.25, 0.3) is 0 Å². The molecule has 0 aliphatic rings. The molecular weight excluding hydrogens is 214 g/mol. The van der Waals surface area contributed by atoms with Crippen molar-refractivity contribution in [1.29, 1.82) is 0 Å². The van der Waals surface area contributed by atoms with Gasteiger partial charge < -0.3 is 5.11 Å². The minimum atomic E-state index is -1.35. The number of carboxylic acids is 1. The first-order valence-electron chi connectivity index (χ1n) is 4.71. The van der Waals surface area contributed by atoms with E-state index in [1.54, 1.807) is 0 Å². The van der Waals surface area contributed by atoms with E-state index in [4.69, 9.17) is 11.5 Å². The molecule has 1 rings (SSSR count). The van der Waals surface area contributed by atoms with Gasteiger partial charge in [-0.2, -0.15) is 0 Å². The van der Waals surface area contributed by atoms with E-state index in [0.717, 1.165) is 12.1 Å². The number of aromatic carboxylic acids is 1. The Morgan fingerprint density at radius 2 is 1.94 bits per heavy atom. The summed E-state index contributed by atoms with van der Waals surface area (Å²) in [6.45, 7) is 0. The Bertz CT molecular complexity index is 424. The second kappa shape index (κ2) is 5.26. The summed E-state index contributed by atoms with van der Waals surface area (Å²) in [5, 5.41) is 8.58. The van der Waals surface area contributed by atoms with Crippen LogP contribution in [0.5, 0.6) is 0 Å². The fraction of sp³-hybridized carbons (Fsp3) is 0.250. The highest BCUT2D eigenvalue weighted by Gasteiger charge is 2.13. The highest BCUT2D eigenvalue weighted by atomic mass is 19.1. The Morgan fingerprint density at radius 1 is 1.38 bits per heavy atom. The molecule has 0 aromatic heterocycles. The summed E-state index contributed by atoms with van der Waals surface area (Å²) in [6.07, 6.45) is 6.08. The van der Waals surface area contributed by atoms with Crippen LogP contribution in [-0.4, -0.2) is 11.1 Å². The van der Waals surface area contributed by atoms with Crippen molar-refractivity contribution in [2.45, 2.75) is 19.3 Å². The van der Waals surface area contributed by atoms with E-state index >= 15 is 0 Å². The lowest BCUT2D eigenvalue weighted by Gasteiger charge is -2.05. The third-order valence-electron chi connectivity index (χ3n) is 2.14. The van der Waals surface area contributed by atoms with Gasteiger partial charge in [-0.3, -0.25) is 0 Å². The minimum absolute atomic E-state index is 0.111. The molecule has 0 amide bonds. The molecule has 2 nitrogen and oxygen atoms in total. The van der Waals surface area contributed by atoms with Crippen molar-refractivity contribution in [2.75, 3.05) is 0 Å². The fourth-order valence-corrected chi connectivity index (χ4v) is 1.33. The summed E-state index contributed by atoms with van der Waals surface area (Å²) in [4.78, 5) is 10.5. The summed E-state index contributed by atoms with van der Waals surface area (Å²) in [6, 6.07) is 1.63. The highest BCUT2D eigenvalue weighted by molar-refractivity contribution is 5.87. The molecule has 0 saturated heterocycles. The molecule has 0 unspecified atom stereocenters. The van der Waals surface area contributed by atoms with E-state index in [1.165, 1.54) is 0 Å². The molecule has 0 spiro atoms. The molecule has 0 aliphatic carbocycles. The third-order valence-corrected chi connectivity index (χ3v) is 2.14. The van der Waals surface area contributed by atoms with Crippen LogP contribution in [-0.2, 0) is 6.42 Å². The lowest BCUT2D eigenvalue weighted by molar-refractivity contribution is 0.0695. The van der Waals surface area contributed by atoms with E-state index in [-0.39, 0.29) is 12.0 Å². The van der Waals surface area contributed by atoms with Crippen LogP contribution >= 0.6 is 0 Å². The molecule has 1 aromatic carbocycles. The van der Waals surface area contributed by atoms with E-state index in [0.29, 0.717) is 12.8 Å². The predicted molar refractivity (Wildman–Crippen MR) is 55.1 cm³/mol. The van der Waals surface area contributed by atoms with Crippen molar-refractivity contribution in [3.63, 3.8) is 0 Å². The van der Waals surface area contributed by atoms with Crippen LogP contribution in [0.4, 0.5) is 8.78 Å². The van der Waals surface area contributed by atoms with E-state index in [1.807, 2.05) is 0 Å². The van der Waals surface area contributed by atoms with Gasteiger partial charge in [0, 0.05) is 12.0 Å². The number of benzene rings is 1. The van der Waals surface area contributed by atoms with Gasteiger partial charge in [0.05, 0.1) is 5.56 Å². The van der Waals surface area contributed by atoms with Crippen molar-refractivity contribution in [1.82, 2.24) is 0 Å². The Labute approximate surface area is 91.9 Å². The van der Waals surface area contributed by atoms with E-state index in [9.17, 15) is 13.6 Å². The van der Waals surface area contributed by atoms with Crippen LogP contribution in [0.3, 0.4) is 0 Å². The van der Waals surface area contributed by atoms with Crippen LogP contribution < -0.4 is 0 Å². The first-order valence-corrected chi connectivity index (χ1v) is 4.71. The first-order chi connectivity index (χ1) is 7.56. The number of carbonyl (C=O) groups is 1. The van der Waals surface area contributed by atoms with Crippen LogP contribution in [0, 0.1) is 24.0 Å². The molecule has 16 heavy (non-hydrogen) atoms. The maximum atomic E-state index is 13.3. The molecule has 0 aliphatic heterocycles. The van der Waals surface area contributed by atoms with Gasteiger partial charge in [0.2, 0.25) is 0 Å². The fourth-order valence-electron chi connectivity index (χ4n) is 1.33. The number of hydrogen-bond acceptors (Lipinski definition) is 1. The average molecular weight is 224 g/mol. The number of carboxylic acid groups (broad SMARTS) is 1. The second-order valence-electron chi connectivity index (χ2n) is 3.28. The maximum absolute atomic E-state index is 13.3. The number of unbranched alkanes of at least 4 members (excludes halogenated alkanes) is 1. The summed E-state index contributed by atoms with van der Waals surface area (Å²) in [5.41, 5.74) is -0.504. The summed E-state index contributed by atoms with van der Waals surface area (Å²) < 4.78 is 26.7. The predicted octanol–water partition coefficient (Wildman–Crippen LogP) is 2.62. The van der Waals surface area contributed by atoms with Gasteiger partial charge in [-0.15, -0.1) is 12.3 Å². The zero-order valence-electron chi connectivity index (χ0n) is 8.46. The van der Waals surface area contributed by atoms with Crippen molar-refractivity contribution in [3.05, 3.63) is 34.9 Å². The zero-order chi connectivity index (χ0) is 12.1. The molecule has 0 radical (unpaired) electrons. The Balaban J connectivity index is 2.95. The summed E-state index contributed by atoms with van der Waals surface area (Å²) >= 11 is 0. The Morgan fingerprint density at radius 3 is 2.38 bits per heavy atom. The van der Waals surface area contributed by atoms with Crippen molar-refractivity contribution < 1.29 is 18.7 Å². The van der Waals surface area contributed by atoms with Gasteiger partial charge in [0.25, 0.3) is 0 Å². The minimum Gasteiger partial charge on any atom is -0.478 e. The number of hydrogen-bond donors (Lipinski definition) is 1. The average Bonchev–Trinajstić information content (AvgIpc) is 2.21. The largest absolute Gasteiger partial charge is 0.478 e. The van der Waals surface area contributed by atoms with Crippen LogP contribution in [0.15, 0.2) is 12.1 Å². The molecular formula is C12H10F2O2. The number of halogens is 2. The van der Waals surface area contributed by atoms with Crippen LogP contribution in [0.2, 0.25) is 0 Å². The summed E-state index contributed by atoms with van der Waals surface area (Å²) in [7, 11) is 0. The van der Waals surface area contributed by atoms with Gasteiger partial charge in [-0.1, -0.05) is 0 Å². The lowest BCUT2D eigenvalue weighted by atomic mass is 10.0. The topological polar surface area (TPSA) is 37.3 Å². The molecule has 1 aromatic rings. The molecule has 84 valence electrons. The smallest absolute Gasteiger partial charge is 0.335 e. The van der Waals surface area contributed by atoms with E-state index in [2.05, 4.69) is 5.92 Å². The third kappa shape index (κ3) is 2.80. The summed E-state index contributed by atoms with van der Waals surface area (Å²) in [5.74, 6) is -0.663. The molecule has 0 saturated carbocycles.